The van der Waals surface area contributed by atoms with Crippen molar-refractivity contribution < 1.29 is 13.9 Å². The van der Waals surface area contributed by atoms with E-state index in [4.69, 9.17) is 4.74 Å². The Morgan fingerprint density at radius 2 is 1.86 bits per heavy atom. The summed E-state index contributed by atoms with van der Waals surface area (Å²) in [5.74, 6) is 0.616. The van der Waals surface area contributed by atoms with Crippen LogP contribution in [0.5, 0.6) is 5.75 Å². The van der Waals surface area contributed by atoms with Crippen LogP contribution >= 0.6 is 0 Å². The molecular formula is C22H27FN4O2. The zero-order valence-electron chi connectivity index (χ0n) is 16.6. The normalized spacial score (nSPS) is 22.6. The molecule has 154 valence electrons. The number of nitrogens with zero attached hydrogens (tertiary/aromatic N) is 2. The van der Waals surface area contributed by atoms with Gasteiger partial charge in [0.25, 0.3) is 0 Å². The molecule has 0 bridgehead atoms. The molecule has 2 atom stereocenters. The van der Waals surface area contributed by atoms with E-state index in [2.05, 4.69) is 27.9 Å². The van der Waals surface area contributed by atoms with Crippen molar-refractivity contribution >= 4 is 5.91 Å². The highest BCUT2D eigenvalue weighted by Gasteiger charge is 2.32. The lowest BCUT2D eigenvalue weighted by Gasteiger charge is -2.37. The molecular weight excluding hydrogens is 371 g/mol. The van der Waals surface area contributed by atoms with Gasteiger partial charge in [0.2, 0.25) is 5.91 Å². The number of carbonyl (C=O) groups excluding carboxylic acids is 1. The zero-order chi connectivity index (χ0) is 20.2. The predicted octanol–water partition coefficient (Wildman–Crippen LogP) is 2.09. The van der Waals surface area contributed by atoms with Gasteiger partial charge in [-0.15, -0.1) is 0 Å². The van der Waals surface area contributed by atoms with E-state index >= 15 is 0 Å². The summed E-state index contributed by atoms with van der Waals surface area (Å²) >= 11 is 0. The van der Waals surface area contributed by atoms with Crippen molar-refractivity contribution in [3.8, 4) is 5.75 Å². The van der Waals surface area contributed by atoms with E-state index in [9.17, 15) is 9.18 Å². The number of hydrogen-bond donors (Lipinski definition) is 2. The molecule has 6 nitrogen and oxygen atoms in total. The van der Waals surface area contributed by atoms with Gasteiger partial charge in [-0.2, -0.15) is 0 Å². The van der Waals surface area contributed by atoms with Gasteiger partial charge in [-0.1, -0.05) is 24.3 Å². The number of carbonyl (C=O) groups is 1. The van der Waals surface area contributed by atoms with Crippen LogP contribution in [0.3, 0.4) is 0 Å². The van der Waals surface area contributed by atoms with Gasteiger partial charge in [0.15, 0.2) is 0 Å². The van der Waals surface area contributed by atoms with Gasteiger partial charge in [0.05, 0.1) is 19.7 Å². The van der Waals surface area contributed by atoms with Crippen LogP contribution in [-0.4, -0.2) is 55.2 Å². The molecule has 2 unspecified atom stereocenters. The topological polar surface area (TPSA) is 56.8 Å². The molecule has 2 fully saturated rings. The highest BCUT2D eigenvalue weighted by molar-refractivity contribution is 5.78. The number of hydrazine groups is 1. The van der Waals surface area contributed by atoms with Crippen molar-refractivity contribution in [1.82, 2.24) is 20.7 Å². The van der Waals surface area contributed by atoms with Crippen molar-refractivity contribution in [2.24, 2.45) is 0 Å². The monoisotopic (exact) mass is 398 g/mol. The molecule has 0 aromatic heterocycles. The molecule has 2 aromatic rings. The Kier molecular flexibility index (Phi) is 6.08. The first-order valence-corrected chi connectivity index (χ1v) is 10.0. The summed E-state index contributed by atoms with van der Waals surface area (Å²) in [6, 6.07) is 14.7. The van der Waals surface area contributed by atoms with Gasteiger partial charge in [-0.25, -0.2) is 15.2 Å². The molecule has 2 aliphatic heterocycles. The van der Waals surface area contributed by atoms with Crippen LogP contribution in [0, 0.1) is 5.82 Å². The summed E-state index contributed by atoms with van der Waals surface area (Å²) in [7, 11) is 1.67. The van der Waals surface area contributed by atoms with Crippen LogP contribution < -0.4 is 15.6 Å². The van der Waals surface area contributed by atoms with Crippen LogP contribution in [0.2, 0.25) is 0 Å². The number of methoxy groups -OCH3 is 1. The third-order valence-corrected chi connectivity index (χ3v) is 5.75. The van der Waals surface area contributed by atoms with Crippen molar-refractivity contribution in [2.75, 3.05) is 33.3 Å². The van der Waals surface area contributed by atoms with E-state index in [1.807, 2.05) is 17.0 Å². The van der Waals surface area contributed by atoms with Crippen molar-refractivity contribution in [1.29, 1.82) is 0 Å². The van der Waals surface area contributed by atoms with E-state index in [-0.39, 0.29) is 30.4 Å². The van der Waals surface area contributed by atoms with Crippen molar-refractivity contribution in [3.05, 3.63) is 65.5 Å². The number of rotatable bonds is 5. The molecule has 0 spiro atoms. The van der Waals surface area contributed by atoms with Crippen molar-refractivity contribution in [3.63, 3.8) is 0 Å². The fraction of sp³-hybridized carbons (Fsp3) is 0.409. The largest absolute Gasteiger partial charge is 0.497 e. The SMILES string of the molecule is COc1ccc(C2CC(N3CCN(C(=O)Cc4cccc(F)c4)CC3)NN2)cc1. The summed E-state index contributed by atoms with van der Waals surface area (Å²) in [5.41, 5.74) is 8.72. The molecule has 4 rings (SSSR count). The standard InChI is InChI=1S/C22H27FN4O2/c1-29-19-7-5-17(6-8-19)20-15-21(25-24-20)26-9-11-27(12-10-26)22(28)14-16-3-2-4-18(23)13-16/h2-8,13,20-21,24-25H,9-12,14-15H2,1H3. The lowest BCUT2D eigenvalue weighted by molar-refractivity contribution is -0.132. The van der Waals surface area contributed by atoms with Crippen LogP contribution in [-0.2, 0) is 11.2 Å². The van der Waals surface area contributed by atoms with E-state index in [0.717, 1.165) is 30.8 Å². The highest BCUT2D eigenvalue weighted by atomic mass is 19.1. The second kappa shape index (κ2) is 8.90. The average molecular weight is 398 g/mol. The van der Waals surface area contributed by atoms with E-state index < -0.39 is 0 Å². The molecule has 1 amide bonds. The second-order valence-corrected chi connectivity index (χ2v) is 7.59. The molecule has 0 saturated carbocycles. The summed E-state index contributed by atoms with van der Waals surface area (Å²) in [6.45, 7) is 3.03. The summed E-state index contributed by atoms with van der Waals surface area (Å²) in [6.07, 6.45) is 1.45. The lowest BCUT2D eigenvalue weighted by Crippen LogP contribution is -2.55. The van der Waals surface area contributed by atoms with Crippen LogP contribution in [0.15, 0.2) is 48.5 Å². The number of ether oxygens (including phenoxy) is 1. The highest BCUT2D eigenvalue weighted by Crippen LogP contribution is 2.26. The number of hydrogen-bond acceptors (Lipinski definition) is 5. The Hall–Kier alpha value is -2.48. The quantitative estimate of drug-likeness (QED) is 0.808. The molecule has 2 aromatic carbocycles. The van der Waals surface area contributed by atoms with Gasteiger partial charge in [-0.05, 0) is 41.8 Å². The van der Waals surface area contributed by atoms with Crippen LogP contribution in [0.1, 0.15) is 23.6 Å². The van der Waals surface area contributed by atoms with Crippen LogP contribution in [0.25, 0.3) is 0 Å². The minimum atomic E-state index is -0.300. The molecule has 0 aliphatic carbocycles. The Morgan fingerprint density at radius 1 is 1.10 bits per heavy atom. The first-order valence-electron chi connectivity index (χ1n) is 10.0. The molecule has 2 N–H and O–H groups in total. The maximum Gasteiger partial charge on any atom is 0.227 e. The Balaban J connectivity index is 1.26. The van der Waals surface area contributed by atoms with E-state index in [1.165, 1.54) is 17.7 Å². The lowest BCUT2D eigenvalue weighted by atomic mass is 10.0. The number of amides is 1. The number of benzene rings is 2. The smallest absolute Gasteiger partial charge is 0.227 e. The third-order valence-electron chi connectivity index (χ3n) is 5.75. The molecule has 2 saturated heterocycles. The Labute approximate surface area is 170 Å². The molecule has 2 aliphatic rings. The van der Waals surface area contributed by atoms with Gasteiger partial charge < -0.3 is 9.64 Å². The minimum Gasteiger partial charge on any atom is -0.497 e. The number of nitrogens with one attached hydrogen (secondary N) is 2. The van der Waals surface area contributed by atoms with Crippen molar-refractivity contribution in [2.45, 2.75) is 25.0 Å². The van der Waals surface area contributed by atoms with Gasteiger partial charge in [-0.3, -0.25) is 9.69 Å². The maximum absolute atomic E-state index is 13.3. The Bertz CT molecular complexity index is 837. The molecule has 0 radical (unpaired) electrons. The van der Waals surface area contributed by atoms with E-state index in [1.54, 1.807) is 19.2 Å². The minimum absolute atomic E-state index is 0.0591. The first-order chi connectivity index (χ1) is 14.1. The van der Waals surface area contributed by atoms with Gasteiger partial charge in [0, 0.05) is 32.2 Å². The second-order valence-electron chi connectivity index (χ2n) is 7.59. The van der Waals surface area contributed by atoms with Gasteiger partial charge in [0.1, 0.15) is 11.6 Å². The molecule has 29 heavy (non-hydrogen) atoms. The fourth-order valence-corrected chi connectivity index (χ4v) is 4.05. The average Bonchev–Trinajstić information content (AvgIpc) is 3.24. The number of piperazine rings is 1. The maximum atomic E-state index is 13.3. The van der Waals surface area contributed by atoms with Crippen LogP contribution in [0.4, 0.5) is 4.39 Å². The van der Waals surface area contributed by atoms with E-state index in [0.29, 0.717) is 13.1 Å². The summed E-state index contributed by atoms with van der Waals surface area (Å²) in [5, 5.41) is 0. The Morgan fingerprint density at radius 3 is 2.55 bits per heavy atom. The first kappa shape index (κ1) is 19.8. The van der Waals surface area contributed by atoms with Gasteiger partial charge >= 0.3 is 0 Å². The number of halogens is 1. The summed E-state index contributed by atoms with van der Waals surface area (Å²) in [4.78, 5) is 16.8. The molecule has 2 heterocycles. The molecule has 7 heteroatoms. The zero-order valence-corrected chi connectivity index (χ0v) is 16.6. The fourth-order valence-electron chi connectivity index (χ4n) is 4.05. The summed E-state index contributed by atoms with van der Waals surface area (Å²) < 4.78 is 18.6. The third kappa shape index (κ3) is 4.75. The predicted molar refractivity (Wildman–Crippen MR) is 109 cm³/mol.